The van der Waals surface area contributed by atoms with Gasteiger partial charge in [-0.1, -0.05) is 30.3 Å². The number of benzene rings is 1. The highest BCUT2D eigenvalue weighted by molar-refractivity contribution is 7.18. The lowest BCUT2D eigenvalue weighted by molar-refractivity contribution is 0.623. The average Bonchev–Trinajstić information content (AvgIpc) is 3.47. The Morgan fingerprint density at radius 3 is 2.71 bits per heavy atom. The fourth-order valence-corrected chi connectivity index (χ4v) is 4.43. The number of anilines is 1. The van der Waals surface area contributed by atoms with Gasteiger partial charge in [0.05, 0.1) is 27.7 Å². The third-order valence-electron chi connectivity index (χ3n) is 5.00. The largest absolute Gasteiger partial charge is 0.369 e. The summed E-state index contributed by atoms with van der Waals surface area (Å²) in [6, 6.07) is 13.9. The Morgan fingerprint density at radius 1 is 1.00 bits per heavy atom. The lowest BCUT2D eigenvalue weighted by Crippen LogP contribution is -2.06. The Morgan fingerprint density at radius 2 is 1.90 bits per heavy atom. The first kappa shape index (κ1) is 19.3. The number of rotatable bonds is 7. The fraction of sp³-hybridized carbons (Fsp3) is 0.130. The standard InChI is InChI=1S/C23H19FN6S/c24-18-13-25-11-8-16(18)22-28-20-17(19-9-12-27-30-19)14-31-21(20)23(29-22)26-10-4-7-15-5-2-1-3-6-15/h1-3,5-6,8-9,11-14H,4,7,10H2,(H,27,30)(H,26,28,29). The van der Waals surface area contributed by atoms with Gasteiger partial charge in [0, 0.05) is 29.9 Å². The molecule has 5 rings (SSSR count). The van der Waals surface area contributed by atoms with E-state index in [2.05, 4.69) is 49.7 Å². The number of H-pyrrole nitrogens is 1. The Balaban J connectivity index is 1.49. The van der Waals surface area contributed by atoms with Crippen LogP contribution in [0.15, 0.2) is 66.4 Å². The second-order valence-electron chi connectivity index (χ2n) is 7.06. The van der Waals surface area contributed by atoms with Gasteiger partial charge in [-0.05, 0) is 30.5 Å². The molecule has 0 aliphatic rings. The Kier molecular flexibility index (Phi) is 5.37. The van der Waals surface area contributed by atoms with Crippen LogP contribution in [0.5, 0.6) is 0 Å². The van der Waals surface area contributed by atoms with Gasteiger partial charge in [0.25, 0.3) is 0 Å². The molecule has 2 N–H and O–H groups in total. The SMILES string of the molecule is Fc1cnccc1-c1nc(NCCCc2ccccc2)c2scc(-c3ccn[nH]3)c2n1. The van der Waals surface area contributed by atoms with E-state index in [1.165, 1.54) is 11.8 Å². The van der Waals surface area contributed by atoms with Crippen molar-refractivity contribution >= 4 is 27.4 Å². The second-order valence-corrected chi connectivity index (χ2v) is 7.94. The molecule has 0 unspecified atom stereocenters. The summed E-state index contributed by atoms with van der Waals surface area (Å²) in [5.74, 6) is 0.590. The molecule has 0 atom stereocenters. The van der Waals surface area contributed by atoms with Crippen LogP contribution in [0.25, 0.3) is 32.9 Å². The number of aromatic nitrogens is 5. The number of aryl methyl sites for hydroxylation is 1. The van der Waals surface area contributed by atoms with Crippen LogP contribution >= 0.6 is 11.3 Å². The Bertz CT molecular complexity index is 1300. The molecule has 31 heavy (non-hydrogen) atoms. The van der Waals surface area contributed by atoms with Gasteiger partial charge in [-0.15, -0.1) is 11.3 Å². The molecule has 1 aromatic carbocycles. The number of nitrogens with one attached hydrogen (secondary N) is 2. The molecule has 0 fully saturated rings. The van der Waals surface area contributed by atoms with Crippen LogP contribution in [-0.4, -0.2) is 31.7 Å². The molecule has 0 amide bonds. The van der Waals surface area contributed by atoms with Crippen molar-refractivity contribution in [2.75, 3.05) is 11.9 Å². The number of halogens is 1. The van der Waals surface area contributed by atoms with Crippen molar-refractivity contribution < 1.29 is 4.39 Å². The van der Waals surface area contributed by atoms with Crippen LogP contribution in [0.3, 0.4) is 0 Å². The van der Waals surface area contributed by atoms with E-state index in [0.29, 0.717) is 17.2 Å². The summed E-state index contributed by atoms with van der Waals surface area (Å²) in [6.45, 7) is 0.747. The van der Waals surface area contributed by atoms with Crippen molar-refractivity contribution in [2.24, 2.45) is 0 Å². The minimum Gasteiger partial charge on any atom is -0.369 e. The maximum absolute atomic E-state index is 14.4. The summed E-state index contributed by atoms with van der Waals surface area (Å²) in [5, 5.41) is 12.5. The van der Waals surface area contributed by atoms with E-state index < -0.39 is 5.82 Å². The van der Waals surface area contributed by atoms with Gasteiger partial charge >= 0.3 is 0 Å². The summed E-state index contributed by atoms with van der Waals surface area (Å²) in [7, 11) is 0. The molecule has 6 nitrogen and oxygen atoms in total. The van der Waals surface area contributed by atoms with Crippen molar-refractivity contribution in [2.45, 2.75) is 12.8 Å². The van der Waals surface area contributed by atoms with Crippen molar-refractivity contribution in [3.63, 3.8) is 0 Å². The molecular formula is C23H19FN6S. The summed E-state index contributed by atoms with van der Waals surface area (Å²) >= 11 is 1.56. The lowest BCUT2D eigenvalue weighted by Gasteiger charge is -2.10. The van der Waals surface area contributed by atoms with Crippen molar-refractivity contribution in [3.05, 3.63) is 77.8 Å². The molecule has 0 saturated carbocycles. The highest BCUT2D eigenvalue weighted by atomic mass is 32.1. The van der Waals surface area contributed by atoms with E-state index in [-0.39, 0.29) is 0 Å². The minimum absolute atomic E-state index is 0.325. The molecule has 4 heterocycles. The van der Waals surface area contributed by atoms with E-state index in [4.69, 9.17) is 4.98 Å². The van der Waals surface area contributed by atoms with E-state index in [1.54, 1.807) is 29.8 Å². The lowest BCUT2D eigenvalue weighted by atomic mass is 10.1. The van der Waals surface area contributed by atoms with Gasteiger partial charge in [-0.25, -0.2) is 14.4 Å². The molecule has 0 spiro atoms. The molecular weight excluding hydrogens is 411 g/mol. The van der Waals surface area contributed by atoms with Crippen molar-refractivity contribution in [1.29, 1.82) is 0 Å². The van der Waals surface area contributed by atoms with Gasteiger partial charge in [0.2, 0.25) is 0 Å². The first-order chi connectivity index (χ1) is 15.3. The molecule has 0 aliphatic carbocycles. The average molecular weight is 431 g/mol. The van der Waals surface area contributed by atoms with Crippen LogP contribution in [-0.2, 0) is 6.42 Å². The summed E-state index contributed by atoms with van der Waals surface area (Å²) < 4.78 is 15.4. The Labute approximate surface area is 182 Å². The summed E-state index contributed by atoms with van der Waals surface area (Å²) in [4.78, 5) is 13.2. The molecule has 0 bridgehead atoms. The maximum Gasteiger partial charge on any atom is 0.165 e. The quantitative estimate of drug-likeness (QED) is 0.341. The van der Waals surface area contributed by atoms with Gasteiger partial charge in [0.15, 0.2) is 11.6 Å². The van der Waals surface area contributed by atoms with Gasteiger partial charge in [0.1, 0.15) is 5.82 Å². The van der Waals surface area contributed by atoms with Gasteiger partial charge < -0.3 is 5.32 Å². The minimum atomic E-state index is -0.449. The predicted octanol–water partition coefficient (Wildman–Crippen LogP) is 5.33. The highest BCUT2D eigenvalue weighted by Crippen LogP contribution is 2.37. The molecule has 0 saturated heterocycles. The van der Waals surface area contributed by atoms with Crippen LogP contribution in [0.1, 0.15) is 12.0 Å². The molecule has 0 aliphatic heterocycles. The molecule has 8 heteroatoms. The zero-order chi connectivity index (χ0) is 21.0. The smallest absolute Gasteiger partial charge is 0.165 e. The van der Waals surface area contributed by atoms with Crippen LogP contribution in [0, 0.1) is 5.82 Å². The van der Waals surface area contributed by atoms with Gasteiger partial charge in [-0.2, -0.15) is 5.10 Å². The third kappa shape index (κ3) is 4.02. The highest BCUT2D eigenvalue weighted by Gasteiger charge is 2.18. The monoisotopic (exact) mass is 430 g/mol. The summed E-state index contributed by atoms with van der Waals surface area (Å²) in [6.07, 6.45) is 6.35. The number of aromatic amines is 1. The number of fused-ring (bicyclic) bond motifs is 1. The zero-order valence-corrected chi connectivity index (χ0v) is 17.4. The predicted molar refractivity (Wildman–Crippen MR) is 121 cm³/mol. The number of hydrogen-bond acceptors (Lipinski definition) is 6. The second kappa shape index (κ2) is 8.61. The van der Waals surface area contributed by atoms with Crippen molar-refractivity contribution in [3.8, 4) is 22.6 Å². The molecule has 154 valence electrons. The first-order valence-electron chi connectivity index (χ1n) is 9.96. The summed E-state index contributed by atoms with van der Waals surface area (Å²) in [5.41, 5.74) is 4.17. The van der Waals surface area contributed by atoms with Crippen LogP contribution < -0.4 is 5.32 Å². The number of hydrogen-bond donors (Lipinski definition) is 2. The van der Waals surface area contributed by atoms with Gasteiger partial charge in [-0.3, -0.25) is 10.1 Å². The Hall–Kier alpha value is -3.65. The molecule has 5 aromatic rings. The van der Waals surface area contributed by atoms with Crippen LogP contribution in [0.4, 0.5) is 10.2 Å². The topological polar surface area (TPSA) is 79.4 Å². The van der Waals surface area contributed by atoms with E-state index >= 15 is 0 Å². The number of nitrogens with zero attached hydrogens (tertiary/aromatic N) is 4. The fourth-order valence-electron chi connectivity index (χ4n) is 3.46. The third-order valence-corrected chi connectivity index (χ3v) is 5.97. The van der Waals surface area contributed by atoms with Crippen molar-refractivity contribution in [1.82, 2.24) is 25.1 Å². The van der Waals surface area contributed by atoms with E-state index in [1.807, 2.05) is 17.5 Å². The van der Waals surface area contributed by atoms with E-state index in [9.17, 15) is 4.39 Å². The first-order valence-corrected chi connectivity index (χ1v) is 10.8. The number of pyridine rings is 1. The molecule has 0 radical (unpaired) electrons. The maximum atomic E-state index is 14.4. The van der Waals surface area contributed by atoms with E-state index in [0.717, 1.165) is 40.9 Å². The zero-order valence-electron chi connectivity index (χ0n) is 16.5. The van der Waals surface area contributed by atoms with Crippen LogP contribution in [0.2, 0.25) is 0 Å². The normalized spacial score (nSPS) is 11.1. The number of thiophene rings is 1. The molecule has 4 aromatic heterocycles.